The second-order valence-electron chi connectivity index (χ2n) is 4.09. The molecule has 1 spiro atoms. The van der Waals surface area contributed by atoms with E-state index in [0.29, 0.717) is 6.04 Å². The van der Waals surface area contributed by atoms with Gasteiger partial charge in [-0.2, -0.15) is 0 Å². The minimum absolute atomic E-state index is 0.0753. The second-order valence-corrected chi connectivity index (χ2v) is 8.17. The summed E-state index contributed by atoms with van der Waals surface area (Å²) in [5.74, 6) is 6.18. The van der Waals surface area contributed by atoms with Crippen LogP contribution in [-0.4, -0.2) is 29.1 Å². The van der Waals surface area contributed by atoms with Crippen molar-refractivity contribution < 1.29 is 0 Å². The lowest BCUT2D eigenvalue weighted by Crippen LogP contribution is -2.31. The van der Waals surface area contributed by atoms with Crippen LogP contribution in [-0.2, 0) is 0 Å². The minimum atomic E-state index is -0.0753. The molecule has 2 rings (SSSR count). The Morgan fingerprint density at radius 1 is 0.909 bits per heavy atom. The van der Waals surface area contributed by atoms with Gasteiger partial charge in [0.25, 0.3) is 0 Å². The van der Waals surface area contributed by atoms with E-state index < -0.39 is 0 Å². The molecular weight excluding hydrogens is 154 g/mol. The normalized spacial score (nSPS) is 34.3. The smallest absolute Gasteiger partial charge is 0.00534 e. The summed E-state index contributed by atoms with van der Waals surface area (Å²) in [5, 5.41) is 0. The van der Waals surface area contributed by atoms with Gasteiger partial charge in [-0.05, 0) is 48.7 Å². The Hall–Kier alpha value is 0.310. The van der Waals surface area contributed by atoms with E-state index in [1.807, 2.05) is 0 Å². The fourth-order valence-electron chi connectivity index (χ4n) is 2.38. The highest BCUT2D eigenvalue weighted by atomic mass is 32.3. The zero-order chi connectivity index (χ0) is 7.73. The zero-order valence-electron chi connectivity index (χ0n) is 7.22. The molecular formula is C9H19NS. The van der Waals surface area contributed by atoms with Crippen molar-refractivity contribution in [3.63, 3.8) is 0 Å². The number of rotatable bonds is 0. The van der Waals surface area contributed by atoms with E-state index in [1.165, 1.54) is 37.2 Å². The van der Waals surface area contributed by atoms with E-state index in [2.05, 4.69) is 0 Å². The number of hydrogen-bond acceptors (Lipinski definition) is 1. The predicted octanol–water partition coefficient (Wildman–Crippen LogP) is 1.71. The molecule has 2 aliphatic heterocycles. The van der Waals surface area contributed by atoms with Crippen LogP contribution in [0.1, 0.15) is 25.7 Å². The fourth-order valence-corrected chi connectivity index (χ4v) is 6.84. The van der Waals surface area contributed by atoms with E-state index >= 15 is 0 Å². The predicted molar refractivity (Wildman–Crippen MR) is 53.5 cm³/mol. The van der Waals surface area contributed by atoms with Crippen molar-refractivity contribution in [3.8, 4) is 0 Å². The van der Waals surface area contributed by atoms with Gasteiger partial charge >= 0.3 is 0 Å². The SMILES string of the molecule is NC1CCS2(CCCC2)CC1. The summed E-state index contributed by atoms with van der Waals surface area (Å²) in [6.45, 7) is 0. The van der Waals surface area contributed by atoms with Crippen LogP contribution in [0.3, 0.4) is 0 Å². The maximum absolute atomic E-state index is 5.90. The van der Waals surface area contributed by atoms with Crippen molar-refractivity contribution >= 4 is 10.0 Å². The summed E-state index contributed by atoms with van der Waals surface area (Å²) < 4.78 is 0. The molecule has 66 valence electrons. The first-order chi connectivity index (χ1) is 5.31. The van der Waals surface area contributed by atoms with E-state index in [1.54, 1.807) is 11.5 Å². The summed E-state index contributed by atoms with van der Waals surface area (Å²) in [7, 11) is -0.0753. The van der Waals surface area contributed by atoms with Crippen LogP contribution in [0.25, 0.3) is 0 Å². The Balaban J connectivity index is 1.94. The molecule has 2 fully saturated rings. The van der Waals surface area contributed by atoms with Gasteiger partial charge in [0, 0.05) is 6.04 Å². The summed E-state index contributed by atoms with van der Waals surface area (Å²) >= 11 is 0. The van der Waals surface area contributed by atoms with Crippen LogP contribution < -0.4 is 5.73 Å². The quantitative estimate of drug-likeness (QED) is 0.593. The van der Waals surface area contributed by atoms with Gasteiger partial charge in [-0.3, -0.25) is 0 Å². The first-order valence-corrected chi connectivity index (χ1v) is 7.11. The molecule has 0 atom stereocenters. The van der Waals surface area contributed by atoms with Crippen LogP contribution in [0.2, 0.25) is 0 Å². The van der Waals surface area contributed by atoms with Gasteiger partial charge in [0.2, 0.25) is 0 Å². The molecule has 2 saturated heterocycles. The van der Waals surface area contributed by atoms with E-state index in [-0.39, 0.29) is 10.0 Å². The maximum Gasteiger partial charge on any atom is 0.00534 e. The third-order valence-corrected chi connectivity index (χ3v) is 7.76. The third-order valence-electron chi connectivity index (χ3n) is 3.25. The first kappa shape index (κ1) is 7.93. The Morgan fingerprint density at radius 3 is 2.00 bits per heavy atom. The van der Waals surface area contributed by atoms with Crippen molar-refractivity contribution in [2.45, 2.75) is 31.7 Å². The molecule has 0 aromatic rings. The molecule has 1 nitrogen and oxygen atoms in total. The fraction of sp³-hybridized carbons (Fsp3) is 1.00. The van der Waals surface area contributed by atoms with Crippen molar-refractivity contribution in [3.05, 3.63) is 0 Å². The Bertz CT molecular complexity index is 130. The lowest BCUT2D eigenvalue weighted by atomic mass is 10.2. The average molecular weight is 173 g/mol. The molecule has 11 heavy (non-hydrogen) atoms. The van der Waals surface area contributed by atoms with Gasteiger partial charge in [-0.15, -0.1) is 0 Å². The summed E-state index contributed by atoms with van der Waals surface area (Å²) in [4.78, 5) is 0. The highest BCUT2D eigenvalue weighted by molar-refractivity contribution is 8.33. The van der Waals surface area contributed by atoms with Crippen molar-refractivity contribution in [1.82, 2.24) is 0 Å². The number of hydrogen-bond donors (Lipinski definition) is 1. The van der Waals surface area contributed by atoms with Crippen LogP contribution >= 0.6 is 10.0 Å². The molecule has 0 unspecified atom stereocenters. The minimum Gasteiger partial charge on any atom is -0.328 e. The van der Waals surface area contributed by atoms with E-state index in [4.69, 9.17) is 5.73 Å². The van der Waals surface area contributed by atoms with E-state index in [9.17, 15) is 0 Å². The Kier molecular flexibility index (Phi) is 2.15. The molecule has 0 amide bonds. The molecule has 0 aromatic heterocycles. The number of nitrogens with two attached hydrogens (primary N) is 1. The lowest BCUT2D eigenvalue weighted by molar-refractivity contribution is 0.618. The molecule has 2 heterocycles. The standard InChI is InChI=1S/C9H19NS/c10-9-3-7-11(8-4-9)5-1-2-6-11/h9H,1-8,10H2. The van der Waals surface area contributed by atoms with Crippen LogP contribution in [0.4, 0.5) is 0 Å². The Labute approximate surface area is 71.0 Å². The highest BCUT2D eigenvalue weighted by Crippen LogP contribution is 2.56. The molecule has 0 bridgehead atoms. The molecule has 0 aromatic carbocycles. The third kappa shape index (κ3) is 1.57. The maximum atomic E-state index is 5.90. The van der Waals surface area contributed by atoms with Crippen LogP contribution in [0, 0.1) is 0 Å². The van der Waals surface area contributed by atoms with Crippen LogP contribution in [0.5, 0.6) is 0 Å². The highest BCUT2D eigenvalue weighted by Gasteiger charge is 2.31. The lowest BCUT2D eigenvalue weighted by Gasteiger charge is -2.41. The van der Waals surface area contributed by atoms with Gasteiger partial charge in [-0.1, -0.05) is 0 Å². The summed E-state index contributed by atoms with van der Waals surface area (Å²) in [5.41, 5.74) is 5.90. The monoisotopic (exact) mass is 173 g/mol. The van der Waals surface area contributed by atoms with Gasteiger partial charge < -0.3 is 5.73 Å². The topological polar surface area (TPSA) is 26.0 Å². The zero-order valence-corrected chi connectivity index (χ0v) is 8.04. The molecule has 2 heteroatoms. The molecule has 0 radical (unpaired) electrons. The van der Waals surface area contributed by atoms with E-state index in [0.717, 1.165) is 0 Å². The molecule has 0 aliphatic carbocycles. The molecule has 2 aliphatic rings. The molecule has 0 saturated carbocycles. The Morgan fingerprint density at radius 2 is 1.45 bits per heavy atom. The van der Waals surface area contributed by atoms with Gasteiger partial charge in [0.05, 0.1) is 0 Å². The van der Waals surface area contributed by atoms with Crippen molar-refractivity contribution in [2.24, 2.45) is 5.73 Å². The van der Waals surface area contributed by atoms with Gasteiger partial charge in [0.1, 0.15) is 0 Å². The first-order valence-electron chi connectivity index (χ1n) is 4.80. The van der Waals surface area contributed by atoms with Crippen molar-refractivity contribution in [1.29, 1.82) is 0 Å². The van der Waals surface area contributed by atoms with Crippen molar-refractivity contribution in [2.75, 3.05) is 23.0 Å². The van der Waals surface area contributed by atoms with Crippen LogP contribution in [0.15, 0.2) is 0 Å². The average Bonchev–Trinajstić information content (AvgIpc) is 2.45. The summed E-state index contributed by atoms with van der Waals surface area (Å²) in [6, 6.07) is 0.550. The summed E-state index contributed by atoms with van der Waals surface area (Å²) in [6.07, 6.45) is 5.69. The molecule has 2 N–H and O–H groups in total. The largest absolute Gasteiger partial charge is 0.328 e. The second kappa shape index (κ2) is 2.98. The van der Waals surface area contributed by atoms with Gasteiger partial charge in [-0.25, -0.2) is 10.0 Å². The van der Waals surface area contributed by atoms with Gasteiger partial charge in [0.15, 0.2) is 0 Å².